The Bertz CT molecular complexity index is 949. The fraction of sp³-hybridized carbons (Fsp3) is 0.690. The lowest BCUT2D eigenvalue weighted by Gasteiger charge is -2.58. The molecule has 1 aliphatic heterocycles. The van der Waals surface area contributed by atoms with Crippen LogP contribution in [0.4, 0.5) is 0 Å². The van der Waals surface area contributed by atoms with Gasteiger partial charge >= 0.3 is 17.9 Å². The molecule has 0 aromatic heterocycles. The van der Waals surface area contributed by atoms with E-state index in [1.807, 2.05) is 32.9 Å². The molecule has 0 radical (unpaired) electrons. The number of ether oxygens (including phenoxy) is 4. The Kier molecular flexibility index (Phi) is 8.54. The van der Waals surface area contributed by atoms with Crippen molar-refractivity contribution in [3.8, 4) is 0 Å². The second-order valence-corrected chi connectivity index (χ2v) is 11.1. The van der Waals surface area contributed by atoms with Crippen LogP contribution in [0.1, 0.15) is 80.6 Å². The lowest BCUT2D eigenvalue weighted by molar-refractivity contribution is -0.235. The molecular weight excluding hydrogens is 460 g/mol. The van der Waals surface area contributed by atoms with Crippen LogP contribution in [0.3, 0.4) is 0 Å². The molecule has 36 heavy (non-hydrogen) atoms. The zero-order chi connectivity index (χ0) is 26.8. The van der Waals surface area contributed by atoms with Gasteiger partial charge in [0.1, 0.15) is 6.10 Å². The topological polar surface area (TPSA) is 88.1 Å². The molecule has 8 atom stereocenters. The highest BCUT2D eigenvalue weighted by Gasteiger charge is 2.67. The first-order valence-electron chi connectivity index (χ1n) is 13.1. The number of carbonyl (C=O) groups is 3. The van der Waals surface area contributed by atoms with E-state index in [0.717, 1.165) is 24.0 Å². The van der Waals surface area contributed by atoms with Gasteiger partial charge in [-0.25, -0.2) is 0 Å². The monoisotopic (exact) mass is 502 g/mol. The molecular formula is C29H42O7. The van der Waals surface area contributed by atoms with Crippen LogP contribution in [-0.4, -0.2) is 36.6 Å². The van der Waals surface area contributed by atoms with E-state index in [2.05, 4.69) is 26.5 Å². The Morgan fingerprint density at radius 3 is 2.44 bits per heavy atom. The number of allylic oxidation sites excluding steroid dienone is 3. The molecule has 1 heterocycles. The van der Waals surface area contributed by atoms with Gasteiger partial charge in [-0.15, -0.1) is 0 Å². The van der Waals surface area contributed by atoms with Gasteiger partial charge in [0.25, 0.3) is 0 Å². The minimum absolute atomic E-state index is 0.0535. The summed E-state index contributed by atoms with van der Waals surface area (Å²) in [6, 6.07) is 0. The third kappa shape index (κ3) is 5.17. The van der Waals surface area contributed by atoms with Gasteiger partial charge in [0, 0.05) is 19.4 Å². The van der Waals surface area contributed by atoms with E-state index < -0.39 is 36.0 Å². The highest BCUT2D eigenvalue weighted by atomic mass is 16.8. The van der Waals surface area contributed by atoms with Crippen molar-refractivity contribution in [2.24, 2.45) is 28.6 Å². The highest BCUT2D eigenvalue weighted by molar-refractivity contribution is 5.72. The summed E-state index contributed by atoms with van der Waals surface area (Å²) in [6.45, 7) is 16.9. The molecule has 0 amide bonds. The Hall–Kier alpha value is -2.41. The van der Waals surface area contributed by atoms with Gasteiger partial charge in [-0.1, -0.05) is 52.0 Å². The molecule has 3 aliphatic rings. The van der Waals surface area contributed by atoms with Crippen LogP contribution in [0.15, 0.2) is 36.0 Å². The zero-order valence-corrected chi connectivity index (χ0v) is 22.8. The van der Waals surface area contributed by atoms with Crippen molar-refractivity contribution >= 4 is 17.9 Å². The maximum Gasteiger partial charge on any atom is 0.309 e. The quantitative estimate of drug-likeness (QED) is 0.184. The molecule has 2 aliphatic carbocycles. The highest BCUT2D eigenvalue weighted by Crippen LogP contribution is 2.67. The smallest absolute Gasteiger partial charge is 0.309 e. The average Bonchev–Trinajstić information content (AvgIpc) is 3.10. The summed E-state index contributed by atoms with van der Waals surface area (Å²) in [5.74, 6) is -1.13. The van der Waals surface area contributed by atoms with E-state index >= 15 is 0 Å². The maximum absolute atomic E-state index is 12.8. The van der Waals surface area contributed by atoms with Crippen LogP contribution < -0.4 is 0 Å². The average molecular weight is 503 g/mol. The summed E-state index contributed by atoms with van der Waals surface area (Å²) >= 11 is 0. The molecule has 0 bridgehead atoms. The van der Waals surface area contributed by atoms with Crippen LogP contribution in [0.25, 0.3) is 0 Å². The summed E-state index contributed by atoms with van der Waals surface area (Å²) in [6.07, 6.45) is 7.17. The minimum Gasteiger partial charge on any atom is -0.458 e. The van der Waals surface area contributed by atoms with Crippen molar-refractivity contribution in [3.05, 3.63) is 36.0 Å². The molecule has 3 rings (SSSR count). The van der Waals surface area contributed by atoms with Gasteiger partial charge < -0.3 is 14.2 Å². The first-order valence-corrected chi connectivity index (χ1v) is 13.1. The first kappa shape index (κ1) is 28.2. The molecule has 1 spiro atoms. The van der Waals surface area contributed by atoms with Gasteiger partial charge in [-0.05, 0) is 62.4 Å². The van der Waals surface area contributed by atoms with Crippen molar-refractivity contribution < 1.29 is 33.3 Å². The normalized spacial score (nSPS) is 36.6. The number of carbonyl (C=O) groups excluding carboxylic acids is 3. The van der Waals surface area contributed by atoms with E-state index in [4.69, 9.17) is 18.9 Å². The second kappa shape index (κ2) is 10.9. The Balaban J connectivity index is 2.16. The van der Waals surface area contributed by atoms with Crippen molar-refractivity contribution in [2.45, 2.75) is 99.3 Å². The fourth-order valence-corrected chi connectivity index (χ4v) is 6.24. The van der Waals surface area contributed by atoms with Crippen molar-refractivity contribution in [2.75, 3.05) is 0 Å². The molecule has 0 N–H and O–H groups in total. The maximum atomic E-state index is 12.8. The third-order valence-electron chi connectivity index (χ3n) is 8.84. The Morgan fingerprint density at radius 1 is 1.19 bits per heavy atom. The summed E-state index contributed by atoms with van der Waals surface area (Å²) < 4.78 is 23.5. The zero-order valence-electron chi connectivity index (χ0n) is 22.8. The van der Waals surface area contributed by atoms with Gasteiger partial charge in [0.05, 0.1) is 11.3 Å². The molecule has 0 aromatic carbocycles. The molecule has 0 unspecified atom stereocenters. The van der Waals surface area contributed by atoms with Crippen LogP contribution in [0.2, 0.25) is 0 Å². The predicted octanol–water partition coefficient (Wildman–Crippen LogP) is 5.64. The van der Waals surface area contributed by atoms with Gasteiger partial charge in [0.2, 0.25) is 12.6 Å². The molecule has 1 saturated heterocycles. The standard InChI is InChI=1S/C29H42O7/c1-9-17(3)11-13-28(8)19(5)12-14-29-23(26(33-20(6)30)36-27(29)34-21(7)31)15-22(16-24(28)29)35-25(32)18(4)10-2/h9,11,15,18-19,22,24,26-27H,1,10,12-14,16H2,2-8H3/b17-11+/t18-,19-,22-,24+,26+,27-,28-,29+/m0/s1. The molecule has 2 fully saturated rings. The number of hydrogen-bond donors (Lipinski definition) is 0. The van der Waals surface area contributed by atoms with E-state index in [1.54, 1.807) is 0 Å². The largest absolute Gasteiger partial charge is 0.458 e. The van der Waals surface area contributed by atoms with E-state index in [0.29, 0.717) is 25.2 Å². The summed E-state index contributed by atoms with van der Waals surface area (Å²) in [5, 5.41) is 0. The number of rotatable bonds is 8. The van der Waals surface area contributed by atoms with Crippen molar-refractivity contribution in [1.82, 2.24) is 0 Å². The molecule has 0 aromatic rings. The number of esters is 3. The van der Waals surface area contributed by atoms with E-state index in [-0.39, 0.29) is 23.2 Å². The SMILES string of the molecule is C=C/C(C)=C/C[C@]1(C)[C@H]2C[C@@H](OC(=O)[C@@H](C)CC)C=C3[C@H](OC(C)=O)O[C@H](OC(C)=O)[C@]32CC[C@@H]1C. The van der Waals surface area contributed by atoms with Crippen LogP contribution >= 0.6 is 0 Å². The van der Waals surface area contributed by atoms with Crippen LogP contribution in [-0.2, 0) is 33.3 Å². The lowest BCUT2D eigenvalue weighted by Crippen LogP contribution is -2.57. The second-order valence-electron chi connectivity index (χ2n) is 11.1. The fourth-order valence-electron chi connectivity index (χ4n) is 6.24. The number of hydrogen-bond acceptors (Lipinski definition) is 7. The van der Waals surface area contributed by atoms with E-state index in [9.17, 15) is 14.4 Å². The van der Waals surface area contributed by atoms with Crippen molar-refractivity contribution in [3.63, 3.8) is 0 Å². The van der Waals surface area contributed by atoms with Gasteiger partial charge in [-0.2, -0.15) is 0 Å². The predicted molar refractivity (Wildman–Crippen MR) is 135 cm³/mol. The van der Waals surface area contributed by atoms with Gasteiger partial charge in [-0.3, -0.25) is 19.1 Å². The Labute approximate surface area is 215 Å². The van der Waals surface area contributed by atoms with Crippen LogP contribution in [0, 0.1) is 28.6 Å². The van der Waals surface area contributed by atoms with Gasteiger partial charge in [0.15, 0.2) is 0 Å². The summed E-state index contributed by atoms with van der Waals surface area (Å²) in [5.41, 5.74) is 0.925. The Morgan fingerprint density at radius 2 is 1.86 bits per heavy atom. The van der Waals surface area contributed by atoms with Crippen LogP contribution in [0.5, 0.6) is 0 Å². The third-order valence-corrected chi connectivity index (χ3v) is 8.84. The molecule has 7 nitrogen and oxygen atoms in total. The lowest BCUT2D eigenvalue weighted by atomic mass is 9.46. The first-order chi connectivity index (χ1) is 16.9. The molecule has 200 valence electrons. The summed E-state index contributed by atoms with van der Waals surface area (Å²) in [4.78, 5) is 36.9. The molecule has 7 heteroatoms. The molecule has 1 saturated carbocycles. The van der Waals surface area contributed by atoms with E-state index in [1.165, 1.54) is 13.8 Å². The summed E-state index contributed by atoms with van der Waals surface area (Å²) in [7, 11) is 0. The van der Waals surface area contributed by atoms with Crippen molar-refractivity contribution in [1.29, 1.82) is 0 Å². The minimum atomic E-state index is -0.998.